The quantitative estimate of drug-likeness (QED) is 0.0920. The van der Waals surface area contributed by atoms with Gasteiger partial charge in [-0.3, -0.25) is 24.0 Å². The lowest BCUT2D eigenvalue weighted by molar-refractivity contribution is -0.142. The zero-order valence-corrected chi connectivity index (χ0v) is 27.6. The second kappa shape index (κ2) is 19.1. The number of nitrogens with one attached hydrogen (secondary N) is 4. The van der Waals surface area contributed by atoms with Crippen molar-refractivity contribution >= 4 is 35.5 Å². The number of rotatable bonds is 18. The van der Waals surface area contributed by atoms with E-state index in [1.54, 1.807) is 42.5 Å². The van der Waals surface area contributed by atoms with Crippen molar-refractivity contribution in [3.05, 3.63) is 65.7 Å². The molecule has 49 heavy (non-hydrogen) atoms. The molecular formula is C34H47N7O8. The summed E-state index contributed by atoms with van der Waals surface area (Å²) in [6.45, 7) is 1.60. The van der Waals surface area contributed by atoms with E-state index >= 15 is 0 Å². The number of hydrogen-bond donors (Lipinski definition) is 8. The van der Waals surface area contributed by atoms with Crippen LogP contribution in [0.3, 0.4) is 0 Å². The topological polar surface area (TPSA) is 246 Å². The summed E-state index contributed by atoms with van der Waals surface area (Å²) in [6, 6.07) is 9.83. The number of amides is 5. The van der Waals surface area contributed by atoms with Crippen molar-refractivity contribution in [2.75, 3.05) is 19.6 Å². The smallest absolute Gasteiger partial charge is 0.326 e. The minimum Gasteiger partial charge on any atom is -0.508 e. The zero-order chi connectivity index (χ0) is 35.9. The summed E-state index contributed by atoms with van der Waals surface area (Å²) in [6.07, 6.45) is 2.24. The molecule has 0 aliphatic carbocycles. The maximum Gasteiger partial charge on any atom is 0.326 e. The van der Waals surface area contributed by atoms with Crippen LogP contribution in [0.15, 0.2) is 54.6 Å². The second-order valence-corrected chi connectivity index (χ2v) is 12.1. The van der Waals surface area contributed by atoms with E-state index in [2.05, 4.69) is 21.3 Å². The van der Waals surface area contributed by atoms with Crippen LogP contribution in [0.2, 0.25) is 0 Å². The van der Waals surface area contributed by atoms with Crippen molar-refractivity contribution in [2.45, 2.75) is 82.1 Å². The first kappa shape index (κ1) is 38.4. The number of unbranched alkanes of at least 4 members (excludes halogenated alkanes) is 1. The summed E-state index contributed by atoms with van der Waals surface area (Å²) in [4.78, 5) is 78.8. The van der Waals surface area contributed by atoms with Gasteiger partial charge in [-0.25, -0.2) is 4.79 Å². The molecule has 5 amide bonds. The van der Waals surface area contributed by atoms with Gasteiger partial charge in [0.15, 0.2) is 0 Å². The standard InChI is InChI=1S/C34H47N7O8/c1-21(36)30(44)39-26(18-23-12-14-24(42)15-13-23)33(47)41-17-7-11-28(41)32(46)37-20-29(43)38-25(10-5-6-16-35)31(45)40-27(34(48)49)19-22-8-3-2-4-9-22/h2-4,8-9,12-15,21,25-28,42H,5-7,10-11,16-20,35-36H2,1H3,(H,37,46)(H,38,43)(H,39,44)(H,40,45)(H,48,49)/t21-,25-,26+,27+,28+/m0/s1. The highest BCUT2D eigenvalue weighted by Crippen LogP contribution is 2.20. The van der Waals surface area contributed by atoms with Crippen LogP contribution in [0.25, 0.3) is 0 Å². The molecule has 1 aliphatic rings. The maximum atomic E-state index is 13.7. The Hall–Kier alpha value is -5.02. The fourth-order valence-electron chi connectivity index (χ4n) is 5.49. The van der Waals surface area contributed by atoms with Gasteiger partial charge < -0.3 is 47.8 Å². The van der Waals surface area contributed by atoms with Gasteiger partial charge in [0.25, 0.3) is 0 Å². The molecule has 0 spiro atoms. The van der Waals surface area contributed by atoms with Gasteiger partial charge in [0, 0.05) is 19.4 Å². The van der Waals surface area contributed by atoms with Crippen molar-refractivity contribution in [2.24, 2.45) is 11.5 Å². The number of carboxylic acid groups (broad SMARTS) is 1. The molecule has 2 aromatic carbocycles. The molecule has 1 heterocycles. The van der Waals surface area contributed by atoms with Crippen molar-refractivity contribution in [3.63, 3.8) is 0 Å². The summed E-state index contributed by atoms with van der Waals surface area (Å²) >= 11 is 0. The third-order valence-electron chi connectivity index (χ3n) is 8.16. The summed E-state index contributed by atoms with van der Waals surface area (Å²) < 4.78 is 0. The van der Waals surface area contributed by atoms with Crippen LogP contribution in [0.5, 0.6) is 5.75 Å². The molecule has 0 radical (unpaired) electrons. The SMILES string of the molecule is C[C@H](N)C(=O)N[C@H](Cc1ccc(O)cc1)C(=O)N1CCC[C@@H]1C(=O)NCC(=O)N[C@@H](CCCCN)C(=O)N[C@H](Cc1ccccc1)C(=O)O. The Labute approximate surface area is 285 Å². The van der Waals surface area contributed by atoms with Crippen LogP contribution >= 0.6 is 0 Å². The molecule has 1 saturated heterocycles. The number of likely N-dealkylation sites (tertiary alicyclic amines) is 1. The van der Waals surface area contributed by atoms with Gasteiger partial charge in [-0.1, -0.05) is 42.5 Å². The highest BCUT2D eigenvalue weighted by Gasteiger charge is 2.38. The Bertz CT molecular complexity index is 1440. The number of aliphatic carboxylic acids is 1. The first-order valence-corrected chi connectivity index (χ1v) is 16.4. The van der Waals surface area contributed by atoms with Crippen LogP contribution in [-0.2, 0) is 41.6 Å². The minimum absolute atomic E-state index is 0.0431. The first-order valence-electron chi connectivity index (χ1n) is 16.4. The molecule has 0 aromatic heterocycles. The van der Waals surface area contributed by atoms with Crippen molar-refractivity contribution < 1.29 is 39.0 Å². The molecule has 15 heteroatoms. The number of carbonyl (C=O) groups is 6. The summed E-state index contributed by atoms with van der Waals surface area (Å²) in [5, 5.41) is 29.6. The summed E-state index contributed by atoms with van der Waals surface area (Å²) in [7, 11) is 0. The normalized spacial score (nSPS) is 16.5. The number of nitrogens with two attached hydrogens (primary N) is 2. The number of nitrogens with zero attached hydrogens (tertiary/aromatic N) is 1. The average Bonchev–Trinajstić information content (AvgIpc) is 3.57. The largest absolute Gasteiger partial charge is 0.508 e. The molecule has 5 atom stereocenters. The minimum atomic E-state index is -1.23. The number of aromatic hydroxyl groups is 1. The van der Waals surface area contributed by atoms with E-state index in [1.165, 1.54) is 24.0 Å². The van der Waals surface area contributed by atoms with E-state index < -0.39 is 72.3 Å². The lowest BCUT2D eigenvalue weighted by Gasteiger charge is -2.29. The highest BCUT2D eigenvalue weighted by molar-refractivity contribution is 5.95. The summed E-state index contributed by atoms with van der Waals surface area (Å²) in [5.41, 5.74) is 12.7. The number of phenolic OH excluding ortho intramolecular Hbond substituents is 1. The number of carbonyl (C=O) groups excluding carboxylic acids is 5. The number of benzene rings is 2. The van der Waals surface area contributed by atoms with Crippen LogP contribution in [0.4, 0.5) is 0 Å². The van der Waals surface area contributed by atoms with E-state index in [1.807, 2.05) is 0 Å². The Morgan fingerprint density at radius 2 is 1.49 bits per heavy atom. The van der Waals surface area contributed by atoms with E-state index in [0.29, 0.717) is 43.4 Å². The van der Waals surface area contributed by atoms with E-state index in [0.717, 1.165) is 0 Å². The van der Waals surface area contributed by atoms with Gasteiger partial charge in [-0.2, -0.15) is 0 Å². The molecule has 0 unspecified atom stereocenters. The zero-order valence-electron chi connectivity index (χ0n) is 27.6. The van der Waals surface area contributed by atoms with E-state index in [4.69, 9.17) is 11.5 Å². The van der Waals surface area contributed by atoms with Gasteiger partial charge >= 0.3 is 5.97 Å². The fourth-order valence-corrected chi connectivity index (χ4v) is 5.49. The van der Waals surface area contributed by atoms with Crippen LogP contribution in [-0.4, -0.2) is 100 Å². The monoisotopic (exact) mass is 681 g/mol. The summed E-state index contributed by atoms with van der Waals surface area (Å²) in [5.74, 6) is -4.17. The first-order chi connectivity index (χ1) is 23.4. The highest BCUT2D eigenvalue weighted by atomic mass is 16.4. The fraction of sp³-hybridized carbons (Fsp3) is 0.471. The molecule has 0 bridgehead atoms. The second-order valence-electron chi connectivity index (χ2n) is 12.1. The number of carboxylic acids is 1. The Kier molecular flexibility index (Phi) is 15.0. The van der Waals surface area contributed by atoms with Gasteiger partial charge in [0.1, 0.15) is 29.9 Å². The Morgan fingerprint density at radius 3 is 2.12 bits per heavy atom. The Balaban J connectivity index is 1.63. The molecule has 10 N–H and O–H groups in total. The van der Waals surface area contributed by atoms with Crippen LogP contribution in [0, 0.1) is 0 Å². The third kappa shape index (κ3) is 12.2. The van der Waals surface area contributed by atoms with Crippen LogP contribution < -0.4 is 32.7 Å². The molecule has 15 nitrogen and oxygen atoms in total. The molecule has 0 saturated carbocycles. The van der Waals surface area contributed by atoms with E-state index in [-0.39, 0.29) is 31.6 Å². The number of hydrogen-bond acceptors (Lipinski definition) is 9. The number of phenols is 1. The molecule has 1 aliphatic heterocycles. The lowest BCUT2D eigenvalue weighted by atomic mass is 10.0. The predicted molar refractivity (Wildman–Crippen MR) is 180 cm³/mol. The maximum absolute atomic E-state index is 13.7. The van der Waals surface area contributed by atoms with Gasteiger partial charge in [0.2, 0.25) is 29.5 Å². The molecule has 3 rings (SSSR count). The van der Waals surface area contributed by atoms with Gasteiger partial charge in [-0.15, -0.1) is 0 Å². The van der Waals surface area contributed by atoms with Crippen LogP contribution in [0.1, 0.15) is 50.2 Å². The van der Waals surface area contributed by atoms with Gasteiger partial charge in [-0.05, 0) is 68.8 Å². The lowest BCUT2D eigenvalue weighted by Crippen LogP contribution is -2.57. The third-order valence-corrected chi connectivity index (χ3v) is 8.16. The predicted octanol–water partition coefficient (Wildman–Crippen LogP) is -0.700. The molecule has 2 aromatic rings. The van der Waals surface area contributed by atoms with Crippen molar-refractivity contribution in [3.8, 4) is 5.75 Å². The van der Waals surface area contributed by atoms with Crippen molar-refractivity contribution in [1.82, 2.24) is 26.2 Å². The van der Waals surface area contributed by atoms with Crippen molar-refractivity contribution in [1.29, 1.82) is 0 Å². The van der Waals surface area contributed by atoms with E-state index in [9.17, 15) is 39.0 Å². The molecule has 1 fully saturated rings. The molecular weight excluding hydrogens is 634 g/mol. The Morgan fingerprint density at radius 1 is 0.857 bits per heavy atom. The molecule has 266 valence electrons. The van der Waals surface area contributed by atoms with Gasteiger partial charge in [0.05, 0.1) is 12.6 Å². The average molecular weight is 682 g/mol.